The fourth-order valence-electron chi connectivity index (χ4n) is 1.32. The van der Waals surface area contributed by atoms with Crippen molar-refractivity contribution >= 4 is 24.5 Å². The maximum atomic E-state index is 11.5. The van der Waals surface area contributed by atoms with Crippen LogP contribution in [0.2, 0.25) is 0 Å². The number of carboxylic acids is 1. The number of aromatic nitrogens is 1. The maximum Gasteiger partial charge on any atom is 0.326 e. The molecule has 1 aromatic heterocycles. The smallest absolute Gasteiger partial charge is 0.326 e. The third-order valence-corrected chi connectivity index (χ3v) is 2.70. The van der Waals surface area contributed by atoms with Gasteiger partial charge >= 0.3 is 5.97 Å². The number of carbonyl (C=O) groups excluding carboxylic acids is 1. The Kier molecular flexibility index (Phi) is 5.60. The fourth-order valence-corrected chi connectivity index (χ4v) is 1.48. The molecular formula is C11H15N3O3S. The van der Waals surface area contributed by atoms with Crippen LogP contribution in [0.5, 0.6) is 0 Å². The Morgan fingerprint density at radius 3 is 2.78 bits per heavy atom. The number of rotatable bonds is 6. The van der Waals surface area contributed by atoms with Crippen LogP contribution in [-0.4, -0.2) is 39.8 Å². The molecule has 0 fully saturated rings. The lowest BCUT2D eigenvalue weighted by Crippen LogP contribution is -2.50. The normalized spacial score (nSPS) is 13.7. The maximum absolute atomic E-state index is 11.5. The molecule has 0 aromatic carbocycles. The highest BCUT2D eigenvalue weighted by Gasteiger charge is 2.22. The van der Waals surface area contributed by atoms with Crippen molar-refractivity contribution in [2.24, 2.45) is 5.73 Å². The number of carbonyl (C=O) groups is 2. The van der Waals surface area contributed by atoms with E-state index in [1.54, 1.807) is 24.5 Å². The first-order valence-electron chi connectivity index (χ1n) is 5.33. The van der Waals surface area contributed by atoms with Crippen LogP contribution < -0.4 is 11.1 Å². The number of hydrogen-bond donors (Lipinski definition) is 4. The summed E-state index contributed by atoms with van der Waals surface area (Å²) >= 11 is 3.89. The van der Waals surface area contributed by atoms with Crippen LogP contribution in [0, 0.1) is 0 Å². The van der Waals surface area contributed by atoms with Crippen LogP contribution in [0.25, 0.3) is 0 Å². The molecule has 0 unspecified atom stereocenters. The van der Waals surface area contributed by atoms with E-state index in [-0.39, 0.29) is 12.2 Å². The molecule has 1 rings (SSSR count). The Morgan fingerprint density at radius 1 is 1.56 bits per heavy atom. The molecule has 7 heteroatoms. The molecule has 0 saturated carbocycles. The third-order valence-electron chi connectivity index (χ3n) is 2.31. The van der Waals surface area contributed by atoms with Gasteiger partial charge < -0.3 is 16.2 Å². The Labute approximate surface area is 110 Å². The van der Waals surface area contributed by atoms with Gasteiger partial charge in [0.2, 0.25) is 5.91 Å². The summed E-state index contributed by atoms with van der Waals surface area (Å²) in [5.74, 6) is -1.48. The number of aliphatic carboxylic acids is 1. The standard InChI is InChI=1S/C11H15N3O3S/c12-8(6-18)10(15)14-9(11(16)17)4-7-2-1-3-13-5-7/h1-3,5,8-9,18H,4,6,12H2,(H,14,15)(H,16,17)/t8-,9+/m1/s1. The first-order chi connectivity index (χ1) is 8.54. The number of hydrogen-bond acceptors (Lipinski definition) is 5. The van der Waals surface area contributed by atoms with Crippen LogP contribution in [0.1, 0.15) is 5.56 Å². The van der Waals surface area contributed by atoms with Crippen molar-refractivity contribution in [2.45, 2.75) is 18.5 Å². The van der Waals surface area contributed by atoms with Crippen LogP contribution in [0.4, 0.5) is 0 Å². The first kappa shape index (κ1) is 14.5. The number of pyridine rings is 1. The number of nitrogens with one attached hydrogen (secondary N) is 1. The number of carboxylic acid groups (broad SMARTS) is 1. The SMILES string of the molecule is N[C@H](CS)C(=O)N[C@@H](Cc1cccnc1)C(=O)O. The number of nitrogens with two attached hydrogens (primary N) is 1. The molecule has 1 heterocycles. The van der Waals surface area contributed by atoms with Crippen LogP contribution in [0.3, 0.4) is 0 Å². The van der Waals surface area contributed by atoms with E-state index >= 15 is 0 Å². The zero-order valence-corrected chi connectivity index (χ0v) is 10.5. The lowest BCUT2D eigenvalue weighted by Gasteiger charge is -2.16. The van der Waals surface area contributed by atoms with Crippen molar-refractivity contribution in [3.05, 3.63) is 30.1 Å². The zero-order valence-electron chi connectivity index (χ0n) is 9.61. The van der Waals surface area contributed by atoms with Crippen molar-refractivity contribution < 1.29 is 14.7 Å². The lowest BCUT2D eigenvalue weighted by molar-refractivity contribution is -0.141. The second-order valence-electron chi connectivity index (χ2n) is 3.75. The first-order valence-corrected chi connectivity index (χ1v) is 5.96. The molecule has 1 aromatic rings. The van der Waals surface area contributed by atoms with Gasteiger partial charge in [0.25, 0.3) is 0 Å². The van der Waals surface area contributed by atoms with Crippen LogP contribution in [-0.2, 0) is 16.0 Å². The Balaban J connectivity index is 2.67. The van der Waals surface area contributed by atoms with Gasteiger partial charge in [-0.3, -0.25) is 9.78 Å². The quantitative estimate of drug-likeness (QED) is 0.519. The van der Waals surface area contributed by atoms with Gasteiger partial charge in [0.15, 0.2) is 0 Å². The summed E-state index contributed by atoms with van der Waals surface area (Å²) in [6, 6.07) is 1.61. The molecule has 98 valence electrons. The van der Waals surface area contributed by atoms with Gasteiger partial charge in [-0.1, -0.05) is 6.07 Å². The predicted molar refractivity (Wildman–Crippen MR) is 69.3 cm³/mol. The summed E-state index contributed by atoms with van der Waals surface area (Å²) in [6.45, 7) is 0. The van der Waals surface area contributed by atoms with Gasteiger partial charge in [-0.15, -0.1) is 0 Å². The van der Waals surface area contributed by atoms with E-state index in [1.807, 2.05) is 0 Å². The minimum atomic E-state index is -1.11. The Bertz CT molecular complexity index is 413. The highest BCUT2D eigenvalue weighted by atomic mass is 32.1. The highest BCUT2D eigenvalue weighted by molar-refractivity contribution is 7.80. The summed E-state index contributed by atoms with van der Waals surface area (Å²) < 4.78 is 0. The van der Waals surface area contributed by atoms with E-state index in [0.29, 0.717) is 0 Å². The van der Waals surface area contributed by atoms with E-state index in [4.69, 9.17) is 10.8 Å². The van der Waals surface area contributed by atoms with Crippen molar-refractivity contribution in [1.82, 2.24) is 10.3 Å². The van der Waals surface area contributed by atoms with Gasteiger partial charge in [-0.05, 0) is 11.6 Å². The van der Waals surface area contributed by atoms with Gasteiger partial charge in [0.05, 0.1) is 6.04 Å². The number of nitrogens with zero attached hydrogens (tertiary/aromatic N) is 1. The molecule has 2 atom stereocenters. The van der Waals surface area contributed by atoms with Crippen molar-refractivity contribution in [1.29, 1.82) is 0 Å². The van der Waals surface area contributed by atoms with Crippen molar-refractivity contribution in [3.63, 3.8) is 0 Å². The molecule has 0 aliphatic rings. The average molecular weight is 269 g/mol. The molecule has 6 nitrogen and oxygen atoms in total. The van der Waals surface area contributed by atoms with Crippen LogP contribution in [0.15, 0.2) is 24.5 Å². The molecule has 1 amide bonds. The Morgan fingerprint density at radius 2 is 2.28 bits per heavy atom. The largest absolute Gasteiger partial charge is 0.480 e. The molecule has 0 aliphatic carbocycles. The lowest BCUT2D eigenvalue weighted by atomic mass is 10.1. The second-order valence-corrected chi connectivity index (χ2v) is 4.12. The predicted octanol–water partition coefficient (Wildman–Crippen LogP) is -0.549. The number of amides is 1. The highest BCUT2D eigenvalue weighted by Crippen LogP contribution is 2.02. The summed E-state index contributed by atoms with van der Waals surface area (Å²) in [7, 11) is 0. The fraction of sp³-hybridized carbons (Fsp3) is 0.364. The number of thiol groups is 1. The average Bonchev–Trinajstić information content (AvgIpc) is 2.37. The molecule has 4 N–H and O–H groups in total. The van der Waals surface area contributed by atoms with Crippen LogP contribution >= 0.6 is 12.6 Å². The van der Waals surface area contributed by atoms with E-state index in [0.717, 1.165) is 5.56 Å². The van der Waals surface area contributed by atoms with Gasteiger partial charge in [0.1, 0.15) is 6.04 Å². The molecule has 0 aliphatic heterocycles. The van der Waals surface area contributed by atoms with E-state index < -0.39 is 24.0 Å². The van der Waals surface area contributed by atoms with E-state index in [1.165, 1.54) is 0 Å². The van der Waals surface area contributed by atoms with Gasteiger partial charge in [0, 0.05) is 24.6 Å². The van der Waals surface area contributed by atoms with Crippen molar-refractivity contribution in [3.8, 4) is 0 Å². The minimum Gasteiger partial charge on any atom is -0.480 e. The molecule has 18 heavy (non-hydrogen) atoms. The summed E-state index contributed by atoms with van der Waals surface area (Å²) in [5.41, 5.74) is 6.19. The molecule has 0 bridgehead atoms. The van der Waals surface area contributed by atoms with E-state index in [9.17, 15) is 9.59 Å². The molecular weight excluding hydrogens is 254 g/mol. The monoisotopic (exact) mass is 269 g/mol. The Hall–Kier alpha value is -1.60. The molecule has 0 saturated heterocycles. The van der Waals surface area contributed by atoms with Crippen molar-refractivity contribution in [2.75, 3.05) is 5.75 Å². The summed E-state index contributed by atoms with van der Waals surface area (Å²) in [5, 5.41) is 11.4. The third kappa shape index (κ3) is 4.34. The van der Waals surface area contributed by atoms with Gasteiger partial charge in [-0.2, -0.15) is 12.6 Å². The van der Waals surface area contributed by atoms with Gasteiger partial charge in [-0.25, -0.2) is 4.79 Å². The van der Waals surface area contributed by atoms with E-state index in [2.05, 4.69) is 22.9 Å². The molecule has 0 radical (unpaired) electrons. The summed E-state index contributed by atoms with van der Waals surface area (Å²) in [4.78, 5) is 26.5. The zero-order chi connectivity index (χ0) is 13.5. The topological polar surface area (TPSA) is 105 Å². The minimum absolute atomic E-state index is 0.158. The summed E-state index contributed by atoms with van der Waals surface area (Å²) in [6.07, 6.45) is 3.31. The second kappa shape index (κ2) is 6.97. The molecule has 0 spiro atoms.